The van der Waals surface area contributed by atoms with Gasteiger partial charge in [-0.15, -0.1) is 0 Å². The molecule has 0 unspecified atom stereocenters. The van der Waals surface area contributed by atoms with Crippen LogP contribution in [0.4, 0.5) is 16.2 Å². The van der Waals surface area contributed by atoms with Crippen molar-refractivity contribution in [1.82, 2.24) is 0 Å². The second-order valence-corrected chi connectivity index (χ2v) is 2.69. The maximum atomic E-state index is 10.5. The topological polar surface area (TPSA) is 84.5 Å². The van der Waals surface area contributed by atoms with Crippen LogP contribution in [0.5, 0.6) is 0 Å². The molecule has 0 aliphatic heterocycles. The normalized spacial score (nSPS) is 8.93. The van der Waals surface area contributed by atoms with Gasteiger partial charge in [-0.25, -0.2) is 9.59 Å². The second-order valence-electron chi connectivity index (χ2n) is 2.69. The first kappa shape index (κ1) is 9.95. The average molecular weight is 191 g/mol. The summed E-state index contributed by atoms with van der Waals surface area (Å²) in [5.74, 6) is 0. The first-order chi connectivity index (χ1) is 6.63. The van der Waals surface area contributed by atoms with Crippen molar-refractivity contribution in [3.8, 4) is 0 Å². The number of urea groups is 1. The number of aryl methyl sites for hydroxylation is 1. The third-order valence-electron chi connectivity index (χ3n) is 1.64. The summed E-state index contributed by atoms with van der Waals surface area (Å²) in [6.07, 6.45) is 1.44. The molecule has 0 bridgehead atoms. The molecule has 1 aromatic rings. The molecule has 72 valence electrons. The fraction of sp³-hybridized carbons (Fsp3) is 0.111. The fourth-order valence-corrected chi connectivity index (χ4v) is 0.999. The van der Waals surface area contributed by atoms with Gasteiger partial charge < -0.3 is 11.1 Å². The zero-order valence-electron chi connectivity index (χ0n) is 7.57. The van der Waals surface area contributed by atoms with E-state index < -0.39 is 6.03 Å². The van der Waals surface area contributed by atoms with E-state index in [1.54, 1.807) is 25.1 Å². The van der Waals surface area contributed by atoms with E-state index in [0.717, 1.165) is 5.56 Å². The molecule has 0 saturated heterocycles. The first-order valence-electron chi connectivity index (χ1n) is 3.88. The van der Waals surface area contributed by atoms with E-state index in [4.69, 9.17) is 5.73 Å². The molecule has 0 spiro atoms. The Morgan fingerprint density at radius 2 is 2.29 bits per heavy atom. The number of nitrogens with one attached hydrogen (secondary N) is 1. The van der Waals surface area contributed by atoms with Crippen molar-refractivity contribution in [1.29, 1.82) is 0 Å². The van der Waals surface area contributed by atoms with Crippen LogP contribution in [0.1, 0.15) is 5.56 Å². The molecule has 1 rings (SSSR count). The van der Waals surface area contributed by atoms with Crippen LogP contribution in [0, 0.1) is 6.92 Å². The molecule has 1 aromatic carbocycles. The lowest BCUT2D eigenvalue weighted by molar-refractivity contribution is 0.259. The Bertz CT molecular complexity index is 409. The number of anilines is 1. The number of carbonyl (C=O) groups excluding carboxylic acids is 2. The van der Waals surface area contributed by atoms with Crippen LogP contribution in [0.25, 0.3) is 0 Å². The Hall–Kier alpha value is -2.13. The van der Waals surface area contributed by atoms with E-state index in [1.165, 1.54) is 6.08 Å². The van der Waals surface area contributed by atoms with Gasteiger partial charge in [-0.05, 0) is 24.6 Å². The van der Waals surface area contributed by atoms with Crippen LogP contribution in [-0.2, 0) is 4.79 Å². The minimum atomic E-state index is -0.658. The SMILES string of the molecule is Cc1ccc(NC(N)=O)cc1N=C=O. The number of carbonyl (C=O) groups is 1. The van der Waals surface area contributed by atoms with E-state index in [0.29, 0.717) is 11.4 Å². The van der Waals surface area contributed by atoms with Gasteiger partial charge in [0, 0.05) is 5.69 Å². The highest BCUT2D eigenvalue weighted by atomic mass is 16.2. The van der Waals surface area contributed by atoms with Gasteiger partial charge in [0.15, 0.2) is 0 Å². The molecule has 0 radical (unpaired) electrons. The number of nitrogens with two attached hydrogens (primary N) is 1. The van der Waals surface area contributed by atoms with Crippen molar-refractivity contribution >= 4 is 23.5 Å². The van der Waals surface area contributed by atoms with Crippen molar-refractivity contribution in [3.05, 3.63) is 23.8 Å². The lowest BCUT2D eigenvalue weighted by Crippen LogP contribution is -2.19. The number of rotatable bonds is 2. The molecule has 14 heavy (non-hydrogen) atoms. The van der Waals surface area contributed by atoms with Gasteiger partial charge in [-0.3, -0.25) is 0 Å². The molecule has 0 fully saturated rings. The van der Waals surface area contributed by atoms with Crippen molar-refractivity contribution < 1.29 is 9.59 Å². The molecule has 5 nitrogen and oxygen atoms in total. The molecule has 0 aliphatic rings. The fourth-order valence-electron chi connectivity index (χ4n) is 0.999. The number of primary amides is 1. The third kappa shape index (κ3) is 2.43. The number of hydrogen-bond acceptors (Lipinski definition) is 3. The van der Waals surface area contributed by atoms with Gasteiger partial charge in [-0.1, -0.05) is 6.07 Å². The van der Waals surface area contributed by atoms with Crippen LogP contribution < -0.4 is 11.1 Å². The number of hydrogen-bond donors (Lipinski definition) is 2. The van der Waals surface area contributed by atoms with Gasteiger partial charge >= 0.3 is 6.03 Å². The largest absolute Gasteiger partial charge is 0.351 e. The number of nitrogens with zero attached hydrogens (tertiary/aromatic N) is 1. The van der Waals surface area contributed by atoms with Crippen molar-refractivity contribution in [2.75, 3.05) is 5.32 Å². The Morgan fingerprint density at radius 1 is 1.57 bits per heavy atom. The van der Waals surface area contributed by atoms with Crippen molar-refractivity contribution in [2.45, 2.75) is 6.92 Å². The van der Waals surface area contributed by atoms with Gasteiger partial charge in [-0.2, -0.15) is 4.99 Å². The summed E-state index contributed by atoms with van der Waals surface area (Å²) in [5.41, 5.74) is 6.71. The Kier molecular flexibility index (Phi) is 2.99. The zero-order valence-corrected chi connectivity index (χ0v) is 7.57. The molecular formula is C9H9N3O2. The van der Waals surface area contributed by atoms with Crippen LogP contribution in [0.15, 0.2) is 23.2 Å². The summed E-state index contributed by atoms with van der Waals surface area (Å²) >= 11 is 0. The first-order valence-corrected chi connectivity index (χ1v) is 3.88. The summed E-state index contributed by atoms with van der Waals surface area (Å²) in [5, 5.41) is 2.38. The third-order valence-corrected chi connectivity index (χ3v) is 1.64. The Balaban J connectivity index is 3.05. The van der Waals surface area contributed by atoms with Crippen LogP contribution >= 0.6 is 0 Å². The van der Waals surface area contributed by atoms with Crippen LogP contribution in [0.2, 0.25) is 0 Å². The zero-order chi connectivity index (χ0) is 10.6. The molecule has 3 N–H and O–H groups in total. The highest BCUT2D eigenvalue weighted by molar-refractivity contribution is 5.88. The number of amides is 2. The lowest BCUT2D eigenvalue weighted by Gasteiger charge is -2.03. The molecule has 0 heterocycles. The predicted molar refractivity (Wildman–Crippen MR) is 52.2 cm³/mol. The highest BCUT2D eigenvalue weighted by Gasteiger charge is 2.00. The standard InChI is InChI=1S/C9H9N3O2/c1-6-2-3-7(12-9(10)14)4-8(6)11-5-13/h2-4H,1H3,(H3,10,12,14). The summed E-state index contributed by atoms with van der Waals surface area (Å²) in [6.45, 7) is 1.80. The van der Waals surface area contributed by atoms with E-state index in [9.17, 15) is 9.59 Å². The smallest absolute Gasteiger partial charge is 0.316 e. The molecule has 0 saturated carbocycles. The molecule has 0 atom stereocenters. The summed E-state index contributed by atoms with van der Waals surface area (Å²) in [7, 11) is 0. The Labute approximate surface area is 80.6 Å². The monoisotopic (exact) mass is 191 g/mol. The predicted octanol–water partition coefficient (Wildman–Crippen LogP) is 1.45. The minimum Gasteiger partial charge on any atom is -0.351 e. The number of benzene rings is 1. The number of aliphatic imine (C=N–C) groups is 1. The lowest BCUT2D eigenvalue weighted by atomic mass is 10.2. The van der Waals surface area contributed by atoms with E-state index in [-0.39, 0.29) is 0 Å². The minimum absolute atomic E-state index is 0.464. The van der Waals surface area contributed by atoms with E-state index in [1.807, 2.05) is 0 Å². The van der Waals surface area contributed by atoms with Gasteiger partial charge in [0.25, 0.3) is 0 Å². The van der Waals surface area contributed by atoms with E-state index in [2.05, 4.69) is 10.3 Å². The van der Waals surface area contributed by atoms with Crippen LogP contribution in [0.3, 0.4) is 0 Å². The molecule has 2 amide bonds. The van der Waals surface area contributed by atoms with Crippen molar-refractivity contribution in [3.63, 3.8) is 0 Å². The average Bonchev–Trinajstić information content (AvgIpc) is 2.10. The molecule has 0 aliphatic carbocycles. The van der Waals surface area contributed by atoms with Crippen molar-refractivity contribution in [2.24, 2.45) is 10.7 Å². The Morgan fingerprint density at radius 3 is 2.86 bits per heavy atom. The van der Waals surface area contributed by atoms with Gasteiger partial charge in [0.2, 0.25) is 6.08 Å². The summed E-state index contributed by atoms with van der Waals surface area (Å²) in [4.78, 5) is 24.1. The molecule has 5 heteroatoms. The number of isocyanates is 1. The van der Waals surface area contributed by atoms with Crippen LogP contribution in [-0.4, -0.2) is 12.1 Å². The van der Waals surface area contributed by atoms with Gasteiger partial charge in [0.05, 0.1) is 5.69 Å². The maximum Gasteiger partial charge on any atom is 0.316 e. The van der Waals surface area contributed by atoms with Gasteiger partial charge in [0.1, 0.15) is 0 Å². The summed E-state index contributed by atoms with van der Waals surface area (Å²) in [6, 6.07) is 4.28. The quantitative estimate of drug-likeness (QED) is 0.547. The molecular weight excluding hydrogens is 182 g/mol. The second kappa shape index (κ2) is 4.20. The summed E-state index contributed by atoms with van der Waals surface area (Å²) < 4.78 is 0. The molecule has 0 aromatic heterocycles. The maximum absolute atomic E-state index is 10.5. The highest BCUT2D eigenvalue weighted by Crippen LogP contribution is 2.22. The van der Waals surface area contributed by atoms with E-state index >= 15 is 0 Å².